The van der Waals surface area contributed by atoms with Crippen LogP contribution in [0.25, 0.3) is 0 Å². The Morgan fingerprint density at radius 1 is 1.07 bits per heavy atom. The maximum atomic E-state index is 13.8. The standard InChI is InChI=1S/C33H41NO9/c1-6-15(2)28(39)42-22-20-16(3)11-31-21(20)25-32(24(31)23(22)43-29(40)17-7-9-18(35)10-8-17)13-19(36)12-30(4,14-34(25)5)33(32,41)27(38)26(31)37/h6-10,19-27,35-38,41H,3,11-14H2,1-2,4-5H3/b15-6+/t19-,20+,21?,22+,23+,24+,25?,26-,27-,30-,31-,32-,33-/m0/s1. The topological polar surface area (TPSA) is 157 Å². The predicted molar refractivity (Wildman–Crippen MR) is 152 cm³/mol. The van der Waals surface area contributed by atoms with Gasteiger partial charge in [-0.05, 0) is 70.3 Å². The highest BCUT2D eigenvalue weighted by atomic mass is 16.6. The number of likely N-dealkylation sites (tertiary alicyclic amines) is 1. The van der Waals surface area contributed by atoms with Crippen LogP contribution in [0.5, 0.6) is 5.75 Å². The molecule has 5 N–H and O–H groups in total. The summed E-state index contributed by atoms with van der Waals surface area (Å²) in [6.07, 6.45) is -3.51. The molecule has 1 aromatic carbocycles. The van der Waals surface area contributed by atoms with Crippen molar-refractivity contribution < 1.29 is 44.6 Å². The molecular weight excluding hydrogens is 554 g/mol. The van der Waals surface area contributed by atoms with Crippen molar-refractivity contribution in [3.8, 4) is 5.75 Å². The van der Waals surface area contributed by atoms with E-state index >= 15 is 0 Å². The van der Waals surface area contributed by atoms with Gasteiger partial charge in [-0.3, -0.25) is 0 Å². The normalized spacial score (nSPS) is 49.5. The van der Waals surface area contributed by atoms with Crippen LogP contribution in [0.3, 0.4) is 0 Å². The highest BCUT2D eigenvalue weighted by molar-refractivity contribution is 5.90. The first-order chi connectivity index (χ1) is 20.2. The maximum Gasteiger partial charge on any atom is 0.338 e. The Bertz CT molecular complexity index is 1440. The zero-order valence-corrected chi connectivity index (χ0v) is 24.9. The number of allylic oxidation sites excluding steroid dienone is 1. The number of hydrogen-bond donors (Lipinski definition) is 5. The first-order valence-electron chi connectivity index (χ1n) is 15.2. The first kappa shape index (κ1) is 29.0. The van der Waals surface area contributed by atoms with Gasteiger partial charge in [0, 0.05) is 46.2 Å². The van der Waals surface area contributed by atoms with Crippen LogP contribution in [0.4, 0.5) is 0 Å². The Hall–Kier alpha value is -2.76. The minimum Gasteiger partial charge on any atom is -0.508 e. The number of esters is 2. The molecule has 6 fully saturated rings. The van der Waals surface area contributed by atoms with Crippen molar-refractivity contribution in [3.05, 3.63) is 53.6 Å². The summed E-state index contributed by atoms with van der Waals surface area (Å²) >= 11 is 0. The smallest absolute Gasteiger partial charge is 0.338 e. The van der Waals surface area contributed by atoms with E-state index in [0.717, 1.165) is 5.57 Å². The van der Waals surface area contributed by atoms with Gasteiger partial charge in [0.15, 0.2) is 0 Å². The Balaban J connectivity index is 1.47. The Labute approximate surface area is 250 Å². The maximum absolute atomic E-state index is 13.8. The third-order valence-electron chi connectivity index (χ3n) is 12.6. The van der Waals surface area contributed by atoms with Crippen LogP contribution < -0.4 is 0 Å². The summed E-state index contributed by atoms with van der Waals surface area (Å²) in [5.74, 6) is -3.02. The molecule has 6 bridgehead atoms. The largest absolute Gasteiger partial charge is 0.508 e. The number of piperidine rings is 1. The number of aliphatic hydroxyl groups excluding tert-OH is 3. The summed E-state index contributed by atoms with van der Waals surface area (Å²) in [6, 6.07) is 5.19. The average Bonchev–Trinajstić information content (AvgIpc) is 3.26. The van der Waals surface area contributed by atoms with Gasteiger partial charge in [0.2, 0.25) is 0 Å². The molecule has 2 unspecified atom stereocenters. The monoisotopic (exact) mass is 595 g/mol. The molecule has 13 atom stereocenters. The number of carbonyl (C=O) groups excluding carboxylic acids is 2. The van der Waals surface area contributed by atoms with E-state index in [2.05, 4.69) is 11.5 Å². The molecule has 2 spiro atoms. The lowest BCUT2D eigenvalue weighted by molar-refractivity contribution is -0.361. The second kappa shape index (κ2) is 8.91. The zero-order valence-electron chi connectivity index (χ0n) is 24.9. The molecule has 0 radical (unpaired) electrons. The second-order valence-corrected chi connectivity index (χ2v) is 14.4. The van der Waals surface area contributed by atoms with E-state index in [1.807, 2.05) is 14.0 Å². The number of phenols is 1. The number of hydrogen-bond acceptors (Lipinski definition) is 10. The third-order valence-corrected chi connectivity index (χ3v) is 12.6. The van der Waals surface area contributed by atoms with E-state index in [-0.39, 0.29) is 24.2 Å². The molecule has 10 nitrogen and oxygen atoms in total. The van der Waals surface area contributed by atoms with Crippen LogP contribution in [-0.4, -0.2) is 98.1 Å². The first-order valence-corrected chi connectivity index (χ1v) is 15.2. The van der Waals surface area contributed by atoms with Crippen molar-refractivity contribution in [1.82, 2.24) is 4.90 Å². The number of phenolic OH excluding ortho intramolecular Hbond substituents is 1. The minimum absolute atomic E-state index is 0.0196. The Morgan fingerprint density at radius 3 is 2.40 bits per heavy atom. The molecule has 1 heterocycles. The summed E-state index contributed by atoms with van der Waals surface area (Å²) in [6.45, 7) is 9.97. The van der Waals surface area contributed by atoms with Gasteiger partial charge < -0.3 is 39.9 Å². The Kier molecular flexibility index (Phi) is 6.01. The van der Waals surface area contributed by atoms with Crippen LogP contribution in [0.2, 0.25) is 0 Å². The van der Waals surface area contributed by atoms with Gasteiger partial charge in [-0.25, -0.2) is 9.59 Å². The zero-order chi connectivity index (χ0) is 31.0. The van der Waals surface area contributed by atoms with Crippen LogP contribution in [-0.2, 0) is 14.3 Å². The van der Waals surface area contributed by atoms with Crippen molar-refractivity contribution in [2.75, 3.05) is 13.6 Å². The van der Waals surface area contributed by atoms with Gasteiger partial charge in [0.05, 0.1) is 17.8 Å². The highest BCUT2D eigenvalue weighted by Gasteiger charge is 2.93. The van der Waals surface area contributed by atoms with E-state index in [9.17, 15) is 35.1 Å². The molecule has 5 aliphatic carbocycles. The van der Waals surface area contributed by atoms with Crippen LogP contribution in [0.1, 0.15) is 50.4 Å². The second-order valence-electron chi connectivity index (χ2n) is 14.4. The number of aromatic hydroxyl groups is 1. The van der Waals surface area contributed by atoms with Crippen molar-refractivity contribution in [1.29, 1.82) is 0 Å². The fourth-order valence-electron chi connectivity index (χ4n) is 11.5. The molecule has 10 heteroatoms. The van der Waals surface area contributed by atoms with Crippen LogP contribution >= 0.6 is 0 Å². The summed E-state index contributed by atoms with van der Waals surface area (Å²) in [5.41, 5.74) is -3.79. The van der Waals surface area contributed by atoms with Gasteiger partial charge in [-0.1, -0.05) is 25.2 Å². The van der Waals surface area contributed by atoms with E-state index in [1.165, 1.54) is 24.3 Å². The van der Waals surface area contributed by atoms with E-state index in [4.69, 9.17) is 9.47 Å². The fraction of sp³-hybridized carbons (Fsp3) is 0.636. The van der Waals surface area contributed by atoms with Crippen LogP contribution in [0.15, 0.2) is 48.1 Å². The highest BCUT2D eigenvalue weighted by Crippen LogP contribution is 2.84. The SMILES string of the molecule is C=C1C[C@]23C4C5N(C)C[C@]6(C)C[C@H](O)C[C@@]5([C@@H]2[C@H](OC(=O)c2ccc(O)cc2)[C@H](OC(=O)/C(C)=C/C)[C@H]14)[C@]6(O)[C@@H](O)[C@@H]3O. The fourth-order valence-corrected chi connectivity index (χ4v) is 11.5. The van der Waals surface area contributed by atoms with Crippen molar-refractivity contribution in [2.45, 2.75) is 82.2 Å². The Morgan fingerprint density at radius 2 is 1.74 bits per heavy atom. The number of ether oxygens (including phenoxy) is 2. The summed E-state index contributed by atoms with van der Waals surface area (Å²) < 4.78 is 12.6. The molecule has 232 valence electrons. The number of carbonyl (C=O) groups is 2. The summed E-state index contributed by atoms with van der Waals surface area (Å²) in [4.78, 5) is 29.3. The molecular formula is C33H41NO9. The van der Waals surface area contributed by atoms with Crippen molar-refractivity contribution in [3.63, 3.8) is 0 Å². The van der Waals surface area contributed by atoms with E-state index in [1.54, 1.807) is 19.9 Å². The average molecular weight is 596 g/mol. The number of rotatable bonds is 4. The van der Waals surface area contributed by atoms with E-state index in [0.29, 0.717) is 18.5 Å². The number of nitrogens with zero attached hydrogens (tertiary/aromatic N) is 1. The molecule has 1 aromatic rings. The van der Waals surface area contributed by atoms with Gasteiger partial charge in [-0.15, -0.1) is 0 Å². The van der Waals surface area contributed by atoms with Gasteiger partial charge >= 0.3 is 11.9 Å². The molecule has 5 saturated carbocycles. The van der Waals surface area contributed by atoms with Crippen molar-refractivity contribution in [2.24, 2.45) is 34.0 Å². The molecule has 7 rings (SSSR count). The summed E-state index contributed by atoms with van der Waals surface area (Å²) in [7, 11) is 1.97. The lowest BCUT2D eigenvalue weighted by atomic mass is 9.38. The molecule has 6 aliphatic rings. The lowest BCUT2D eigenvalue weighted by Gasteiger charge is -2.73. The minimum atomic E-state index is -1.83. The quantitative estimate of drug-likeness (QED) is 0.197. The number of aliphatic hydroxyl groups is 4. The molecule has 43 heavy (non-hydrogen) atoms. The molecule has 0 amide bonds. The molecule has 1 saturated heterocycles. The van der Waals surface area contributed by atoms with Gasteiger partial charge in [0.1, 0.15) is 29.7 Å². The van der Waals surface area contributed by atoms with Crippen molar-refractivity contribution >= 4 is 11.9 Å². The molecule has 1 aliphatic heterocycles. The molecule has 0 aromatic heterocycles. The van der Waals surface area contributed by atoms with Gasteiger partial charge in [0.25, 0.3) is 0 Å². The van der Waals surface area contributed by atoms with Gasteiger partial charge in [-0.2, -0.15) is 0 Å². The van der Waals surface area contributed by atoms with E-state index < -0.39 is 88.1 Å². The number of benzene rings is 1. The third kappa shape index (κ3) is 3.16. The summed E-state index contributed by atoms with van der Waals surface area (Å²) in [5, 5.41) is 58.3. The van der Waals surface area contributed by atoms with Crippen LogP contribution in [0, 0.1) is 34.0 Å². The predicted octanol–water partition coefficient (Wildman–Crippen LogP) is 1.55. The lowest BCUT2D eigenvalue weighted by Crippen LogP contribution is -2.84.